The minimum absolute atomic E-state index is 0.00381. The Bertz CT molecular complexity index is 507. The molecule has 1 aliphatic rings. The molecule has 1 aromatic carbocycles. The minimum Gasteiger partial charge on any atom is -0.338 e. The molecule has 0 spiro atoms. The van der Waals surface area contributed by atoms with E-state index >= 15 is 0 Å². The van der Waals surface area contributed by atoms with Gasteiger partial charge < -0.3 is 10.2 Å². The highest BCUT2D eigenvalue weighted by molar-refractivity contribution is 6.31. The Hall–Kier alpha value is -1.13. The standard InChI is InChI=1S/C16H22ClFN2O/c1-11(2)19-9-12-5-4-8-20(10-12)16(21)13-6-3-7-14(17)15(13)18/h3,6-7,11-12,19H,4-5,8-10H2,1-2H3. The average Bonchev–Trinajstić information content (AvgIpc) is 2.47. The van der Waals surface area contributed by atoms with Gasteiger partial charge in [0.1, 0.15) is 0 Å². The zero-order chi connectivity index (χ0) is 15.4. The highest BCUT2D eigenvalue weighted by atomic mass is 35.5. The molecule has 1 unspecified atom stereocenters. The van der Waals surface area contributed by atoms with Gasteiger partial charge in [-0.15, -0.1) is 0 Å². The topological polar surface area (TPSA) is 32.3 Å². The van der Waals surface area contributed by atoms with Crippen molar-refractivity contribution < 1.29 is 9.18 Å². The zero-order valence-electron chi connectivity index (χ0n) is 12.5. The third kappa shape index (κ3) is 4.17. The lowest BCUT2D eigenvalue weighted by Crippen LogP contribution is -2.44. The summed E-state index contributed by atoms with van der Waals surface area (Å²) in [6, 6.07) is 5.00. The van der Waals surface area contributed by atoms with E-state index in [0.29, 0.717) is 25.0 Å². The van der Waals surface area contributed by atoms with Crippen LogP contribution in [-0.2, 0) is 0 Å². The molecule has 0 aromatic heterocycles. The van der Waals surface area contributed by atoms with Gasteiger partial charge in [-0.3, -0.25) is 4.79 Å². The molecule has 0 radical (unpaired) electrons. The van der Waals surface area contributed by atoms with Gasteiger partial charge in [0.15, 0.2) is 5.82 Å². The van der Waals surface area contributed by atoms with Crippen LogP contribution in [0.1, 0.15) is 37.0 Å². The molecule has 0 aliphatic carbocycles. The van der Waals surface area contributed by atoms with Crippen molar-refractivity contribution in [2.75, 3.05) is 19.6 Å². The summed E-state index contributed by atoms with van der Waals surface area (Å²) in [6.07, 6.45) is 2.06. The normalized spacial score (nSPS) is 19.1. The van der Waals surface area contributed by atoms with E-state index in [1.54, 1.807) is 11.0 Å². The van der Waals surface area contributed by atoms with E-state index in [4.69, 9.17) is 11.6 Å². The van der Waals surface area contributed by atoms with Crippen LogP contribution in [0.5, 0.6) is 0 Å². The fraction of sp³-hybridized carbons (Fsp3) is 0.562. The number of nitrogens with one attached hydrogen (secondary N) is 1. The van der Waals surface area contributed by atoms with Crippen LogP contribution in [0.2, 0.25) is 5.02 Å². The highest BCUT2D eigenvalue weighted by Gasteiger charge is 2.26. The molecule has 1 heterocycles. The number of hydrogen-bond donors (Lipinski definition) is 1. The van der Waals surface area contributed by atoms with Crippen LogP contribution in [0.15, 0.2) is 18.2 Å². The average molecular weight is 313 g/mol. The molecule has 2 rings (SSSR count). The van der Waals surface area contributed by atoms with Gasteiger partial charge in [0.05, 0.1) is 10.6 Å². The first kappa shape index (κ1) is 16.2. The van der Waals surface area contributed by atoms with Gasteiger partial charge in [-0.05, 0) is 37.4 Å². The molecule has 1 amide bonds. The number of carbonyl (C=O) groups is 1. The first-order chi connectivity index (χ1) is 9.99. The number of nitrogens with zero attached hydrogens (tertiary/aromatic N) is 1. The fourth-order valence-corrected chi connectivity index (χ4v) is 2.83. The highest BCUT2D eigenvalue weighted by Crippen LogP contribution is 2.22. The van der Waals surface area contributed by atoms with Gasteiger partial charge in [-0.25, -0.2) is 4.39 Å². The van der Waals surface area contributed by atoms with Crippen molar-refractivity contribution in [3.8, 4) is 0 Å². The molecule has 1 N–H and O–H groups in total. The van der Waals surface area contributed by atoms with E-state index in [-0.39, 0.29) is 16.5 Å². The largest absolute Gasteiger partial charge is 0.338 e. The third-order valence-electron chi connectivity index (χ3n) is 3.80. The minimum atomic E-state index is -0.619. The van der Waals surface area contributed by atoms with Gasteiger partial charge >= 0.3 is 0 Å². The van der Waals surface area contributed by atoms with Gasteiger partial charge in [-0.2, -0.15) is 0 Å². The van der Waals surface area contributed by atoms with Crippen molar-refractivity contribution in [2.45, 2.75) is 32.7 Å². The monoisotopic (exact) mass is 312 g/mol. The summed E-state index contributed by atoms with van der Waals surface area (Å²) in [6.45, 7) is 6.45. The Balaban J connectivity index is 2.03. The van der Waals surface area contributed by atoms with Crippen LogP contribution < -0.4 is 5.32 Å². The molecule has 0 bridgehead atoms. The Kier molecular flexibility index (Phi) is 5.59. The maximum absolute atomic E-state index is 14.0. The van der Waals surface area contributed by atoms with E-state index in [0.717, 1.165) is 19.4 Å². The Morgan fingerprint density at radius 1 is 1.52 bits per heavy atom. The summed E-state index contributed by atoms with van der Waals surface area (Å²) in [7, 11) is 0. The third-order valence-corrected chi connectivity index (χ3v) is 4.09. The second-order valence-electron chi connectivity index (χ2n) is 5.92. The van der Waals surface area contributed by atoms with Crippen LogP contribution in [0, 0.1) is 11.7 Å². The molecular weight excluding hydrogens is 291 g/mol. The van der Waals surface area contributed by atoms with Crippen LogP contribution in [0.3, 0.4) is 0 Å². The zero-order valence-corrected chi connectivity index (χ0v) is 13.3. The fourth-order valence-electron chi connectivity index (χ4n) is 2.66. The quantitative estimate of drug-likeness (QED) is 0.925. The molecule has 116 valence electrons. The van der Waals surface area contributed by atoms with Crippen molar-refractivity contribution in [2.24, 2.45) is 5.92 Å². The molecule has 21 heavy (non-hydrogen) atoms. The van der Waals surface area contributed by atoms with E-state index in [2.05, 4.69) is 19.2 Å². The lowest BCUT2D eigenvalue weighted by atomic mass is 9.97. The van der Waals surface area contributed by atoms with Crippen molar-refractivity contribution in [3.63, 3.8) is 0 Å². The van der Waals surface area contributed by atoms with E-state index in [1.807, 2.05) is 0 Å². The van der Waals surface area contributed by atoms with E-state index < -0.39 is 5.82 Å². The summed E-state index contributed by atoms with van der Waals surface area (Å²) in [5.74, 6) is -0.455. The summed E-state index contributed by atoms with van der Waals surface area (Å²) in [5.41, 5.74) is 0.0694. The summed E-state index contributed by atoms with van der Waals surface area (Å²) in [4.78, 5) is 14.2. The van der Waals surface area contributed by atoms with Gasteiger partial charge in [0, 0.05) is 19.1 Å². The number of piperidine rings is 1. The van der Waals surface area contributed by atoms with Crippen molar-refractivity contribution in [1.82, 2.24) is 10.2 Å². The molecule has 1 saturated heterocycles. The molecule has 5 heteroatoms. The molecule has 1 fully saturated rings. The van der Waals surface area contributed by atoms with Gasteiger partial charge in [0.2, 0.25) is 0 Å². The SMILES string of the molecule is CC(C)NCC1CCCN(C(=O)c2cccc(Cl)c2F)C1. The second kappa shape index (κ2) is 7.23. The predicted molar refractivity (Wildman–Crippen MR) is 83.2 cm³/mol. The number of carbonyl (C=O) groups excluding carboxylic acids is 1. The van der Waals surface area contributed by atoms with E-state index in [9.17, 15) is 9.18 Å². The second-order valence-corrected chi connectivity index (χ2v) is 6.33. The Morgan fingerprint density at radius 2 is 2.29 bits per heavy atom. The predicted octanol–water partition coefficient (Wildman–Crippen LogP) is 3.33. The first-order valence-corrected chi connectivity index (χ1v) is 7.83. The number of likely N-dealkylation sites (tertiary alicyclic amines) is 1. The van der Waals surface area contributed by atoms with Crippen molar-refractivity contribution >= 4 is 17.5 Å². The van der Waals surface area contributed by atoms with Crippen LogP contribution in [0.4, 0.5) is 4.39 Å². The Morgan fingerprint density at radius 3 is 3.00 bits per heavy atom. The van der Waals surface area contributed by atoms with Gasteiger partial charge in [-0.1, -0.05) is 31.5 Å². The number of benzene rings is 1. The molecular formula is C16H22ClFN2O. The first-order valence-electron chi connectivity index (χ1n) is 7.45. The molecule has 1 atom stereocenters. The number of amides is 1. The molecule has 1 aromatic rings. The maximum atomic E-state index is 14.0. The number of hydrogen-bond acceptors (Lipinski definition) is 2. The summed E-state index contributed by atoms with van der Waals surface area (Å²) >= 11 is 5.75. The van der Waals surface area contributed by atoms with Gasteiger partial charge in [0.25, 0.3) is 5.91 Å². The number of halogens is 2. The van der Waals surface area contributed by atoms with Crippen LogP contribution in [0.25, 0.3) is 0 Å². The molecule has 3 nitrogen and oxygen atoms in total. The Labute approximate surface area is 130 Å². The lowest BCUT2D eigenvalue weighted by molar-refractivity contribution is 0.0667. The smallest absolute Gasteiger partial charge is 0.256 e. The lowest BCUT2D eigenvalue weighted by Gasteiger charge is -2.33. The van der Waals surface area contributed by atoms with E-state index in [1.165, 1.54) is 12.1 Å². The maximum Gasteiger partial charge on any atom is 0.256 e. The summed E-state index contributed by atoms with van der Waals surface area (Å²) in [5, 5.41) is 3.40. The van der Waals surface area contributed by atoms with Crippen molar-refractivity contribution in [3.05, 3.63) is 34.6 Å². The van der Waals surface area contributed by atoms with Crippen LogP contribution in [-0.4, -0.2) is 36.5 Å². The van der Waals surface area contributed by atoms with Crippen LogP contribution >= 0.6 is 11.6 Å². The number of rotatable bonds is 4. The molecule has 1 aliphatic heterocycles. The summed E-state index contributed by atoms with van der Waals surface area (Å²) < 4.78 is 14.0. The van der Waals surface area contributed by atoms with Crippen molar-refractivity contribution in [1.29, 1.82) is 0 Å². The molecule has 0 saturated carbocycles.